The van der Waals surface area contributed by atoms with Gasteiger partial charge in [0.1, 0.15) is 0 Å². The molecule has 7 heavy (non-hydrogen) atoms. The van der Waals surface area contributed by atoms with E-state index in [1.807, 2.05) is 0 Å². The lowest BCUT2D eigenvalue weighted by atomic mass is 10.3. The van der Waals surface area contributed by atoms with Gasteiger partial charge in [0.25, 0.3) is 0 Å². The Labute approximate surface area is 41.4 Å². The van der Waals surface area contributed by atoms with Gasteiger partial charge in [-0.15, -0.1) is 0 Å². The summed E-state index contributed by atoms with van der Waals surface area (Å²) in [4.78, 5) is 10.2. The number of hydrogen-bond donors (Lipinski definition) is 1. The number of ether oxygens (including phenoxy) is 1. The van der Waals surface area contributed by atoms with Gasteiger partial charge in [0, 0.05) is 11.2 Å². The number of hydrogen-bond acceptors (Lipinski definition) is 3. The minimum Gasteiger partial charge on any atom is -0.315 e. The summed E-state index contributed by atoms with van der Waals surface area (Å²) in [6.07, 6.45) is 0.679. The molecular formula is C4H7NO2+. The van der Waals surface area contributed by atoms with Crippen molar-refractivity contribution in [1.82, 2.24) is 0 Å². The molecule has 1 saturated heterocycles. The molecule has 3 nitrogen and oxygen atoms in total. The minimum atomic E-state index is -0.347. The summed E-state index contributed by atoms with van der Waals surface area (Å²) in [5, 5.41) is 0. The summed E-state index contributed by atoms with van der Waals surface area (Å²) in [6.45, 7) is 0.500. The Hall–Kier alpha value is -0.570. The fourth-order valence-electron chi connectivity index (χ4n) is 0.511. The predicted molar refractivity (Wildman–Crippen MR) is 23.6 cm³/mol. The summed E-state index contributed by atoms with van der Waals surface area (Å²) in [5.41, 5.74) is 5.20. The highest BCUT2D eigenvalue weighted by molar-refractivity contribution is 5.77. The van der Waals surface area contributed by atoms with Crippen LogP contribution in [0.2, 0.25) is 0 Å². The molecule has 0 saturated carbocycles. The van der Waals surface area contributed by atoms with Gasteiger partial charge in [-0.3, -0.25) is 0 Å². The van der Waals surface area contributed by atoms with Crippen molar-refractivity contribution in [2.75, 3.05) is 6.61 Å². The predicted octanol–water partition coefficient (Wildman–Crippen LogP) is -0.739. The smallest absolute Gasteiger partial charge is 0.315 e. The van der Waals surface area contributed by atoms with Crippen molar-refractivity contribution < 1.29 is 9.53 Å². The van der Waals surface area contributed by atoms with Crippen LogP contribution in [-0.4, -0.2) is 18.6 Å². The van der Waals surface area contributed by atoms with Gasteiger partial charge in [-0.1, -0.05) is 0 Å². The molecule has 0 aromatic heterocycles. The lowest BCUT2D eigenvalue weighted by molar-refractivity contribution is -0.139. The van der Waals surface area contributed by atoms with Crippen LogP contribution in [0.5, 0.6) is 0 Å². The molecule has 0 bridgehead atoms. The normalized spacial score (nSPS) is 30.4. The van der Waals surface area contributed by atoms with Gasteiger partial charge in [0.15, 0.2) is 12.6 Å². The number of nitrogens with two attached hydrogens (primary N) is 1. The van der Waals surface area contributed by atoms with Gasteiger partial charge in [-0.05, 0) is 0 Å². The van der Waals surface area contributed by atoms with E-state index < -0.39 is 0 Å². The van der Waals surface area contributed by atoms with Crippen molar-refractivity contribution >= 4 is 5.97 Å². The maximum absolute atomic E-state index is 10.2. The van der Waals surface area contributed by atoms with Crippen molar-refractivity contribution in [3.63, 3.8) is 0 Å². The first-order valence-electron chi connectivity index (χ1n) is 2.23. The maximum Gasteiger partial charge on any atom is 0.591 e. The van der Waals surface area contributed by atoms with Crippen molar-refractivity contribution in [2.24, 2.45) is 5.73 Å². The summed E-state index contributed by atoms with van der Waals surface area (Å²) >= 11 is 0. The van der Waals surface area contributed by atoms with E-state index in [1.54, 1.807) is 0 Å². The first-order valence-corrected chi connectivity index (χ1v) is 2.23. The third-order valence-corrected chi connectivity index (χ3v) is 0.976. The molecule has 1 atom stereocenters. The first-order chi connectivity index (χ1) is 3.30. The molecule has 1 unspecified atom stereocenters. The Morgan fingerprint density at radius 3 is 2.71 bits per heavy atom. The Bertz CT molecular complexity index is 91.7. The van der Waals surface area contributed by atoms with Gasteiger partial charge in [-0.25, -0.2) is 0 Å². The fourth-order valence-corrected chi connectivity index (χ4v) is 0.511. The van der Waals surface area contributed by atoms with Gasteiger partial charge in [-0.2, -0.15) is 0 Å². The van der Waals surface area contributed by atoms with E-state index >= 15 is 0 Å². The molecule has 1 rings (SSSR count). The Balaban J connectivity index is 2.48. The molecule has 1 heterocycles. The zero-order valence-corrected chi connectivity index (χ0v) is 3.89. The molecule has 0 aliphatic carbocycles. The number of cyclic esters (lactones) is 1. The topological polar surface area (TPSA) is 55.1 Å². The van der Waals surface area contributed by atoms with E-state index in [4.69, 9.17) is 5.73 Å². The molecule has 0 aromatic carbocycles. The minimum absolute atomic E-state index is 0.264. The zero-order chi connectivity index (χ0) is 5.28. The molecule has 1 radical (unpaired) electrons. The van der Waals surface area contributed by atoms with E-state index in [1.165, 1.54) is 0 Å². The maximum atomic E-state index is 10.2. The van der Waals surface area contributed by atoms with Gasteiger partial charge < -0.3 is 10.5 Å². The molecule has 0 spiro atoms. The van der Waals surface area contributed by atoms with E-state index in [0.717, 1.165) is 0 Å². The Morgan fingerprint density at radius 2 is 2.57 bits per heavy atom. The molecule has 0 aromatic rings. The van der Waals surface area contributed by atoms with Crippen molar-refractivity contribution in [2.45, 2.75) is 12.5 Å². The monoisotopic (exact) mass is 101 g/mol. The van der Waals surface area contributed by atoms with E-state index in [0.29, 0.717) is 13.0 Å². The van der Waals surface area contributed by atoms with Crippen LogP contribution >= 0.6 is 0 Å². The molecular weight excluding hydrogens is 94.0 g/mol. The van der Waals surface area contributed by atoms with Crippen LogP contribution in [-0.2, 0) is 9.53 Å². The van der Waals surface area contributed by atoms with Crippen LogP contribution in [0.4, 0.5) is 0 Å². The second kappa shape index (κ2) is 1.50. The third kappa shape index (κ3) is 0.718. The lowest BCUT2D eigenvalue weighted by Crippen LogP contribution is -2.24. The van der Waals surface area contributed by atoms with Crippen LogP contribution in [0.15, 0.2) is 0 Å². The standard InChI is InChI=1S/C4H7NO2/c5-3-1-2-7-4(3)6/h3H,1-2,5H2/q+1. The van der Waals surface area contributed by atoms with Crippen molar-refractivity contribution in [3.05, 3.63) is 0 Å². The first kappa shape index (κ1) is 4.59. The average Bonchev–Trinajstić information content (AvgIpc) is 1.91. The van der Waals surface area contributed by atoms with E-state index in [-0.39, 0.29) is 12.0 Å². The average molecular weight is 101 g/mol. The second-order valence-corrected chi connectivity index (χ2v) is 1.56. The molecule has 1 aliphatic rings. The number of esters is 1. The highest BCUT2D eigenvalue weighted by atomic mass is 16.5. The fraction of sp³-hybridized carbons (Fsp3) is 0.750. The van der Waals surface area contributed by atoms with Crippen LogP contribution < -0.4 is 5.73 Å². The summed E-state index contributed by atoms with van der Waals surface area (Å²) in [5.74, 6) is -0.264. The number of carbonyl (C=O) groups excluding carboxylic acids is 1. The number of carbonyl (C=O) groups is 1. The summed E-state index contributed by atoms with van der Waals surface area (Å²) in [6, 6.07) is -0.347. The van der Waals surface area contributed by atoms with E-state index in [2.05, 4.69) is 4.74 Å². The van der Waals surface area contributed by atoms with Gasteiger partial charge in [0.2, 0.25) is 0 Å². The third-order valence-electron chi connectivity index (χ3n) is 0.976. The molecule has 2 N–H and O–H groups in total. The van der Waals surface area contributed by atoms with Crippen LogP contribution in [0.1, 0.15) is 6.42 Å². The summed E-state index contributed by atoms with van der Waals surface area (Å²) < 4.78 is 4.50. The highest BCUT2D eigenvalue weighted by Gasteiger charge is 2.34. The van der Waals surface area contributed by atoms with Crippen LogP contribution in [0.3, 0.4) is 0 Å². The second-order valence-electron chi connectivity index (χ2n) is 1.56. The van der Waals surface area contributed by atoms with E-state index in [9.17, 15) is 4.79 Å². The molecule has 1 fully saturated rings. The zero-order valence-electron chi connectivity index (χ0n) is 3.89. The largest absolute Gasteiger partial charge is 0.591 e. The number of rotatable bonds is 0. The quantitative estimate of drug-likeness (QED) is 0.323. The summed E-state index contributed by atoms with van der Waals surface area (Å²) in [7, 11) is 0. The van der Waals surface area contributed by atoms with Crippen LogP contribution in [0, 0.1) is 0 Å². The van der Waals surface area contributed by atoms with Crippen molar-refractivity contribution in [1.29, 1.82) is 0 Å². The molecule has 1 aliphatic heterocycles. The SMILES string of the molecule is NC1CCOC1=[O+]. The Kier molecular flexibility index (Phi) is 0.982. The lowest BCUT2D eigenvalue weighted by Gasteiger charge is -1.78. The van der Waals surface area contributed by atoms with Crippen LogP contribution in [0.25, 0.3) is 0 Å². The highest BCUT2D eigenvalue weighted by Crippen LogP contribution is 2.00. The Morgan fingerprint density at radius 1 is 1.86 bits per heavy atom. The van der Waals surface area contributed by atoms with Gasteiger partial charge in [0.05, 0.1) is 0 Å². The molecule has 3 heteroatoms. The molecule has 39 valence electrons. The van der Waals surface area contributed by atoms with Gasteiger partial charge >= 0.3 is 5.97 Å². The molecule has 0 amide bonds. The van der Waals surface area contributed by atoms with Crippen molar-refractivity contribution in [3.8, 4) is 0 Å².